The molecule has 3 rings (SSSR count). The summed E-state index contributed by atoms with van der Waals surface area (Å²) in [7, 11) is 0. The predicted molar refractivity (Wildman–Crippen MR) is 92.6 cm³/mol. The highest BCUT2D eigenvalue weighted by molar-refractivity contribution is 5.94. The summed E-state index contributed by atoms with van der Waals surface area (Å²) in [5.74, 6) is -0.588. The Kier molecular flexibility index (Phi) is 5.16. The van der Waals surface area contributed by atoms with Gasteiger partial charge >= 0.3 is 6.36 Å². The first-order valence-corrected chi connectivity index (χ1v) is 8.07. The van der Waals surface area contributed by atoms with E-state index in [4.69, 9.17) is 0 Å². The molecule has 0 unspecified atom stereocenters. The van der Waals surface area contributed by atoms with Gasteiger partial charge in [-0.15, -0.1) is 13.2 Å². The van der Waals surface area contributed by atoms with Crippen LogP contribution in [0.15, 0.2) is 67.3 Å². The van der Waals surface area contributed by atoms with E-state index in [1.807, 2.05) is 4.57 Å². The van der Waals surface area contributed by atoms with Crippen LogP contribution in [0.1, 0.15) is 28.9 Å². The molecule has 2 aromatic carbocycles. The molecule has 1 amide bonds. The van der Waals surface area contributed by atoms with Crippen molar-refractivity contribution in [3.8, 4) is 11.4 Å². The second kappa shape index (κ2) is 7.53. The van der Waals surface area contributed by atoms with Gasteiger partial charge in [-0.2, -0.15) is 0 Å². The van der Waals surface area contributed by atoms with Crippen LogP contribution in [0.2, 0.25) is 0 Å². The molecule has 27 heavy (non-hydrogen) atoms. The van der Waals surface area contributed by atoms with E-state index >= 15 is 0 Å². The van der Waals surface area contributed by atoms with Crippen molar-refractivity contribution < 1.29 is 22.7 Å². The molecule has 8 heteroatoms. The van der Waals surface area contributed by atoms with E-state index in [1.54, 1.807) is 49.9 Å². The summed E-state index contributed by atoms with van der Waals surface area (Å²) >= 11 is 0. The third-order valence-corrected chi connectivity index (χ3v) is 3.89. The van der Waals surface area contributed by atoms with Crippen LogP contribution in [0.5, 0.6) is 5.75 Å². The SMILES string of the molecule is C[C@@H](NC(=O)c1ccc(-n2ccnc2)cc1)c1ccc(OC(F)(F)F)cc1. The van der Waals surface area contributed by atoms with Crippen molar-refractivity contribution in [3.05, 3.63) is 78.4 Å². The van der Waals surface area contributed by atoms with Gasteiger partial charge in [0.15, 0.2) is 0 Å². The number of imidazole rings is 1. The minimum atomic E-state index is -4.73. The van der Waals surface area contributed by atoms with Gasteiger partial charge in [0.05, 0.1) is 12.4 Å². The van der Waals surface area contributed by atoms with Crippen LogP contribution in [-0.2, 0) is 0 Å². The molecule has 140 valence electrons. The van der Waals surface area contributed by atoms with Crippen molar-refractivity contribution in [2.45, 2.75) is 19.3 Å². The lowest BCUT2D eigenvalue weighted by Gasteiger charge is -2.15. The summed E-state index contributed by atoms with van der Waals surface area (Å²) < 4.78 is 42.2. The van der Waals surface area contributed by atoms with Crippen molar-refractivity contribution in [3.63, 3.8) is 0 Å². The molecule has 1 aromatic heterocycles. The molecule has 0 bridgehead atoms. The van der Waals surface area contributed by atoms with Crippen LogP contribution in [0, 0.1) is 0 Å². The van der Waals surface area contributed by atoms with E-state index in [0.29, 0.717) is 11.1 Å². The Morgan fingerprint density at radius 2 is 1.78 bits per heavy atom. The fraction of sp³-hybridized carbons (Fsp3) is 0.158. The molecule has 0 radical (unpaired) electrons. The number of hydrogen-bond donors (Lipinski definition) is 1. The van der Waals surface area contributed by atoms with Crippen LogP contribution in [0.3, 0.4) is 0 Å². The van der Waals surface area contributed by atoms with Crippen LogP contribution in [-0.4, -0.2) is 21.8 Å². The van der Waals surface area contributed by atoms with Crippen LogP contribution in [0.4, 0.5) is 13.2 Å². The zero-order valence-corrected chi connectivity index (χ0v) is 14.3. The lowest BCUT2D eigenvalue weighted by Crippen LogP contribution is -2.26. The van der Waals surface area contributed by atoms with Gasteiger partial charge < -0.3 is 14.6 Å². The largest absolute Gasteiger partial charge is 0.573 e. The third kappa shape index (κ3) is 4.87. The topological polar surface area (TPSA) is 56.2 Å². The van der Waals surface area contributed by atoms with Gasteiger partial charge in [-0.05, 0) is 48.9 Å². The fourth-order valence-corrected chi connectivity index (χ4v) is 2.52. The Morgan fingerprint density at radius 3 is 2.33 bits per heavy atom. The normalized spacial score (nSPS) is 12.4. The van der Waals surface area contributed by atoms with Gasteiger partial charge in [0, 0.05) is 23.6 Å². The molecule has 1 heterocycles. The summed E-state index contributed by atoms with van der Waals surface area (Å²) in [5, 5.41) is 2.81. The maximum atomic E-state index is 12.4. The number of aromatic nitrogens is 2. The number of amides is 1. The van der Waals surface area contributed by atoms with Gasteiger partial charge in [0.2, 0.25) is 0 Å². The van der Waals surface area contributed by atoms with Crippen molar-refractivity contribution >= 4 is 5.91 Å². The van der Waals surface area contributed by atoms with Gasteiger partial charge in [0.1, 0.15) is 5.75 Å². The van der Waals surface area contributed by atoms with Crippen molar-refractivity contribution in [1.29, 1.82) is 0 Å². The molecule has 0 saturated carbocycles. The maximum absolute atomic E-state index is 12.4. The van der Waals surface area contributed by atoms with Gasteiger partial charge in [-0.1, -0.05) is 12.1 Å². The van der Waals surface area contributed by atoms with Crippen LogP contribution >= 0.6 is 0 Å². The number of nitrogens with one attached hydrogen (secondary N) is 1. The summed E-state index contributed by atoms with van der Waals surface area (Å²) in [4.78, 5) is 16.3. The first kappa shape index (κ1) is 18.5. The van der Waals surface area contributed by atoms with Gasteiger partial charge in [-0.25, -0.2) is 4.98 Å². The first-order valence-electron chi connectivity index (χ1n) is 8.07. The number of halogens is 3. The van der Waals surface area contributed by atoms with E-state index in [-0.39, 0.29) is 17.7 Å². The number of nitrogens with zero attached hydrogens (tertiary/aromatic N) is 2. The second-order valence-electron chi connectivity index (χ2n) is 5.83. The van der Waals surface area contributed by atoms with E-state index in [0.717, 1.165) is 5.69 Å². The zero-order valence-electron chi connectivity index (χ0n) is 14.3. The summed E-state index contributed by atoms with van der Waals surface area (Å²) in [6.07, 6.45) is 0.379. The molecule has 1 N–H and O–H groups in total. The lowest BCUT2D eigenvalue weighted by molar-refractivity contribution is -0.274. The molecule has 0 aliphatic carbocycles. The quantitative estimate of drug-likeness (QED) is 0.725. The lowest BCUT2D eigenvalue weighted by atomic mass is 10.1. The Hall–Kier alpha value is -3.29. The molecule has 0 aliphatic rings. The molecule has 0 spiro atoms. The predicted octanol–water partition coefficient (Wildman–Crippen LogP) is 4.26. The van der Waals surface area contributed by atoms with Crippen LogP contribution < -0.4 is 10.1 Å². The highest BCUT2D eigenvalue weighted by atomic mass is 19.4. The van der Waals surface area contributed by atoms with E-state index in [1.165, 1.54) is 24.3 Å². The maximum Gasteiger partial charge on any atom is 0.573 e. The van der Waals surface area contributed by atoms with Crippen molar-refractivity contribution in [2.24, 2.45) is 0 Å². The monoisotopic (exact) mass is 375 g/mol. The number of ether oxygens (including phenoxy) is 1. The molecule has 5 nitrogen and oxygen atoms in total. The Labute approximate surface area is 153 Å². The number of carbonyl (C=O) groups excluding carboxylic acids is 1. The highest BCUT2D eigenvalue weighted by Crippen LogP contribution is 2.24. The average Bonchev–Trinajstić information content (AvgIpc) is 3.15. The number of carbonyl (C=O) groups is 1. The first-order chi connectivity index (χ1) is 12.8. The highest BCUT2D eigenvalue weighted by Gasteiger charge is 2.31. The summed E-state index contributed by atoms with van der Waals surface area (Å²) in [5.41, 5.74) is 2.01. The molecule has 1 atom stereocenters. The minimum Gasteiger partial charge on any atom is -0.406 e. The Balaban J connectivity index is 1.63. The van der Waals surface area contributed by atoms with E-state index in [2.05, 4.69) is 15.0 Å². The third-order valence-electron chi connectivity index (χ3n) is 3.89. The van der Waals surface area contributed by atoms with E-state index in [9.17, 15) is 18.0 Å². The molecule has 0 aliphatic heterocycles. The van der Waals surface area contributed by atoms with Crippen molar-refractivity contribution in [2.75, 3.05) is 0 Å². The number of rotatable bonds is 5. The average molecular weight is 375 g/mol. The van der Waals surface area contributed by atoms with Crippen molar-refractivity contribution in [1.82, 2.24) is 14.9 Å². The zero-order chi connectivity index (χ0) is 19.4. The Bertz CT molecular complexity index is 889. The van der Waals surface area contributed by atoms with Crippen LogP contribution in [0.25, 0.3) is 5.69 Å². The summed E-state index contributed by atoms with van der Waals surface area (Å²) in [6.45, 7) is 1.75. The minimum absolute atomic E-state index is 0.282. The molecule has 0 saturated heterocycles. The number of benzene rings is 2. The molecular weight excluding hydrogens is 359 g/mol. The summed E-state index contributed by atoms with van der Waals surface area (Å²) in [6, 6.07) is 12.0. The molecule has 0 fully saturated rings. The van der Waals surface area contributed by atoms with E-state index < -0.39 is 6.36 Å². The standard InChI is InChI=1S/C19H16F3N3O2/c1-13(14-4-8-17(9-5-14)27-19(20,21)22)24-18(26)15-2-6-16(7-3-15)25-11-10-23-12-25/h2-13H,1H3,(H,24,26)/t13-/m1/s1. The fourth-order valence-electron chi connectivity index (χ4n) is 2.52. The smallest absolute Gasteiger partial charge is 0.406 e. The Morgan fingerprint density at radius 1 is 1.11 bits per heavy atom. The number of hydrogen-bond acceptors (Lipinski definition) is 3. The molecular formula is C19H16F3N3O2. The number of alkyl halides is 3. The molecule has 3 aromatic rings. The second-order valence-corrected chi connectivity index (χ2v) is 5.83. The van der Waals surface area contributed by atoms with Gasteiger partial charge in [0.25, 0.3) is 5.91 Å². The van der Waals surface area contributed by atoms with Gasteiger partial charge in [-0.3, -0.25) is 4.79 Å².